The highest BCUT2D eigenvalue weighted by molar-refractivity contribution is 6.95. The van der Waals surface area contributed by atoms with E-state index in [2.05, 4.69) is 43.9 Å². The van der Waals surface area contributed by atoms with Gasteiger partial charge in [-0.25, -0.2) is 0 Å². The smallest absolute Gasteiger partial charge is 0.261 e. The molecule has 2 aromatic carbocycles. The van der Waals surface area contributed by atoms with Crippen LogP contribution in [0.5, 0.6) is 0 Å². The van der Waals surface area contributed by atoms with Crippen LogP contribution in [0.4, 0.5) is 0 Å². The Kier molecular flexibility index (Phi) is 4.73. The molecule has 0 radical (unpaired) electrons. The number of rotatable bonds is 6. The Labute approximate surface area is 150 Å². The van der Waals surface area contributed by atoms with Crippen LogP contribution in [0.3, 0.4) is 0 Å². The van der Waals surface area contributed by atoms with Crippen molar-refractivity contribution in [1.29, 1.82) is 0 Å². The van der Waals surface area contributed by atoms with E-state index in [4.69, 9.17) is 0 Å². The summed E-state index contributed by atoms with van der Waals surface area (Å²) in [5.41, 5.74) is 1.04. The van der Waals surface area contributed by atoms with Crippen molar-refractivity contribution >= 4 is 25.1 Å². The molecular weight excluding hydrogens is 326 g/mol. The minimum absolute atomic E-state index is 0.175. The number of hydrogen-bond donors (Lipinski definition) is 0. The largest absolute Gasteiger partial charge is 0.274 e. The van der Waals surface area contributed by atoms with Crippen LogP contribution in [-0.2, 0) is 0 Å². The molecule has 0 unspecified atom stereocenters. The van der Waals surface area contributed by atoms with Crippen molar-refractivity contribution in [2.45, 2.75) is 25.9 Å². The summed E-state index contributed by atoms with van der Waals surface area (Å²) in [4.78, 5) is 26.2. The lowest BCUT2D eigenvalue weighted by Gasteiger charge is -2.26. The lowest BCUT2D eigenvalue weighted by atomic mass is 10.1. The van der Waals surface area contributed by atoms with E-state index in [1.165, 1.54) is 15.3 Å². The number of imide groups is 1. The molecule has 0 atom stereocenters. The first-order valence-electron chi connectivity index (χ1n) is 8.62. The Hall–Kier alpha value is -2.46. The zero-order chi connectivity index (χ0) is 18.0. The van der Waals surface area contributed by atoms with Gasteiger partial charge in [0.05, 0.1) is 11.1 Å². The maximum Gasteiger partial charge on any atom is 0.261 e. The number of benzene rings is 2. The molecule has 2 amide bonds. The molecule has 1 heterocycles. The molecule has 0 aromatic heterocycles. The van der Waals surface area contributed by atoms with Gasteiger partial charge in [0, 0.05) is 6.54 Å². The van der Waals surface area contributed by atoms with Gasteiger partial charge in [-0.15, -0.1) is 6.58 Å². The second-order valence-corrected chi connectivity index (χ2v) is 11.5. The first-order chi connectivity index (χ1) is 11.9. The predicted octanol–water partition coefficient (Wildman–Crippen LogP) is 3.77. The van der Waals surface area contributed by atoms with Crippen LogP contribution in [0.25, 0.3) is 0 Å². The van der Waals surface area contributed by atoms with Crippen LogP contribution in [0.1, 0.15) is 33.6 Å². The summed E-state index contributed by atoms with van der Waals surface area (Å²) in [7, 11) is -1.74. The highest BCUT2D eigenvalue weighted by Gasteiger charge is 2.35. The molecule has 0 saturated carbocycles. The van der Waals surface area contributed by atoms with E-state index in [1.54, 1.807) is 24.3 Å². The first-order valence-corrected chi connectivity index (χ1v) is 11.6. The van der Waals surface area contributed by atoms with Crippen molar-refractivity contribution in [2.24, 2.45) is 0 Å². The average Bonchev–Trinajstić information content (AvgIpc) is 2.87. The third kappa shape index (κ3) is 3.22. The number of fused-ring (bicyclic) bond motifs is 1. The fourth-order valence-corrected chi connectivity index (χ4v) is 5.50. The quantitative estimate of drug-likeness (QED) is 0.588. The van der Waals surface area contributed by atoms with Crippen molar-refractivity contribution in [3.63, 3.8) is 0 Å². The van der Waals surface area contributed by atoms with Gasteiger partial charge in [-0.05, 0) is 25.0 Å². The number of nitrogens with zero attached hydrogens (tertiary/aromatic N) is 1. The van der Waals surface area contributed by atoms with E-state index in [1.807, 2.05) is 6.07 Å². The number of allylic oxidation sites excluding steroid dienone is 1. The summed E-state index contributed by atoms with van der Waals surface area (Å²) in [5, 5.41) is 2.61. The molecule has 3 rings (SSSR count). The van der Waals surface area contributed by atoms with Gasteiger partial charge in [0.25, 0.3) is 11.8 Å². The summed E-state index contributed by atoms with van der Waals surface area (Å²) < 4.78 is 0. The van der Waals surface area contributed by atoms with Gasteiger partial charge in [0.1, 0.15) is 8.07 Å². The van der Waals surface area contributed by atoms with Gasteiger partial charge in [0.2, 0.25) is 0 Å². The first kappa shape index (κ1) is 17.4. The number of hydrogen-bond acceptors (Lipinski definition) is 2. The molecule has 4 heteroatoms. The number of carbonyl (C=O) groups is 2. The molecule has 25 heavy (non-hydrogen) atoms. The zero-order valence-corrected chi connectivity index (χ0v) is 15.8. The van der Waals surface area contributed by atoms with E-state index in [9.17, 15) is 9.59 Å². The maximum absolute atomic E-state index is 12.4. The van der Waals surface area contributed by atoms with Crippen LogP contribution in [0, 0.1) is 0 Å². The van der Waals surface area contributed by atoms with E-state index in [-0.39, 0.29) is 11.8 Å². The minimum Gasteiger partial charge on any atom is -0.274 e. The Morgan fingerprint density at radius 2 is 1.44 bits per heavy atom. The molecule has 0 fully saturated rings. The summed E-state index contributed by atoms with van der Waals surface area (Å²) in [6.07, 6.45) is 1.59. The third-order valence-electron chi connectivity index (χ3n) is 5.12. The Balaban J connectivity index is 1.61. The van der Waals surface area contributed by atoms with E-state index in [0.29, 0.717) is 17.7 Å². The molecule has 2 aromatic rings. The van der Waals surface area contributed by atoms with Crippen LogP contribution in [-0.4, -0.2) is 31.3 Å². The Morgan fingerprint density at radius 1 is 0.920 bits per heavy atom. The topological polar surface area (TPSA) is 37.4 Å². The summed E-state index contributed by atoms with van der Waals surface area (Å²) >= 11 is 0. The fraction of sp³-hybridized carbons (Fsp3) is 0.238. The number of amides is 2. The summed E-state index contributed by atoms with van der Waals surface area (Å²) in [6, 6.07) is 17.5. The predicted molar refractivity (Wildman–Crippen MR) is 104 cm³/mol. The van der Waals surface area contributed by atoms with Gasteiger partial charge >= 0.3 is 0 Å². The Morgan fingerprint density at radius 3 is 2.00 bits per heavy atom. The zero-order valence-electron chi connectivity index (χ0n) is 14.8. The molecule has 0 saturated heterocycles. The SMILES string of the molecule is C=C(CCCN1C(=O)c2ccccc2C1=O)[Si](C)(C)c1ccccc1. The fourth-order valence-electron chi connectivity index (χ4n) is 3.26. The number of carbonyl (C=O) groups excluding carboxylic acids is 2. The maximum atomic E-state index is 12.4. The molecule has 0 bridgehead atoms. The van der Waals surface area contributed by atoms with Crippen LogP contribution in [0.2, 0.25) is 13.1 Å². The van der Waals surface area contributed by atoms with Gasteiger partial charge in [-0.1, -0.05) is 65.9 Å². The van der Waals surface area contributed by atoms with Gasteiger partial charge in [-0.3, -0.25) is 14.5 Å². The van der Waals surface area contributed by atoms with Gasteiger partial charge < -0.3 is 0 Å². The molecule has 0 N–H and O–H groups in total. The molecule has 1 aliphatic rings. The average molecular weight is 350 g/mol. The Bertz CT molecular complexity index is 792. The van der Waals surface area contributed by atoms with Gasteiger partial charge in [0.15, 0.2) is 0 Å². The normalized spacial score (nSPS) is 13.9. The van der Waals surface area contributed by atoms with E-state index in [0.717, 1.165) is 12.8 Å². The second kappa shape index (κ2) is 6.80. The van der Waals surface area contributed by atoms with Crippen molar-refractivity contribution in [1.82, 2.24) is 4.90 Å². The van der Waals surface area contributed by atoms with Crippen molar-refractivity contribution in [3.05, 3.63) is 77.5 Å². The molecule has 3 nitrogen and oxygen atoms in total. The molecular formula is C21H23NO2Si. The van der Waals surface area contributed by atoms with Crippen LogP contribution < -0.4 is 5.19 Å². The molecule has 0 aliphatic carbocycles. The third-order valence-corrected chi connectivity index (χ3v) is 8.91. The molecule has 0 spiro atoms. The van der Waals surface area contributed by atoms with E-state index >= 15 is 0 Å². The van der Waals surface area contributed by atoms with E-state index < -0.39 is 8.07 Å². The lowest BCUT2D eigenvalue weighted by Crippen LogP contribution is -2.43. The highest BCUT2D eigenvalue weighted by Crippen LogP contribution is 2.24. The van der Waals surface area contributed by atoms with Crippen LogP contribution in [0.15, 0.2) is 66.4 Å². The minimum atomic E-state index is -1.74. The standard InChI is InChI=1S/C21H23NO2Si/c1-16(25(2,3)17-11-5-4-6-12-17)10-9-15-22-20(23)18-13-7-8-14-19(18)21(22)24/h4-8,11-14H,1,9-10,15H2,2-3H3. The lowest BCUT2D eigenvalue weighted by molar-refractivity contribution is 0.0653. The summed E-state index contributed by atoms with van der Waals surface area (Å²) in [5.74, 6) is -0.350. The molecule has 1 aliphatic heterocycles. The highest BCUT2D eigenvalue weighted by atomic mass is 28.3. The second-order valence-electron chi connectivity index (χ2n) is 7.01. The van der Waals surface area contributed by atoms with Crippen LogP contribution >= 0.6 is 0 Å². The molecule has 128 valence electrons. The summed E-state index contributed by atoms with van der Waals surface area (Å²) in [6.45, 7) is 9.36. The monoisotopic (exact) mass is 349 g/mol. The van der Waals surface area contributed by atoms with Crippen molar-refractivity contribution < 1.29 is 9.59 Å². The van der Waals surface area contributed by atoms with Gasteiger partial charge in [-0.2, -0.15) is 0 Å². The van der Waals surface area contributed by atoms with Crippen molar-refractivity contribution in [2.75, 3.05) is 6.54 Å². The van der Waals surface area contributed by atoms with Crippen molar-refractivity contribution in [3.8, 4) is 0 Å².